The van der Waals surface area contributed by atoms with E-state index in [0.717, 1.165) is 12.8 Å². The van der Waals surface area contributed by atoms with Crippen LogP contribution in [-0.2, 0) is 6.42 Å². The molecule has 2 heteroatoms. The molecule has 0 radical (unpaired) electrons. The van der Waals surface area contributed by atoms with Gasteiger partial charge in [0.15, 0.2) is 0 Å². The Hall–Kier alpha value is -1.02. The molecule has 1 aromatic carbocycles. The molecule has 1 aliphatic carbocycles. The maximum absolute atomic E-state index is 5.99. The van der Waals surface area contributed by atoms with Crippen LogP contribution in [0.15, 0.2) is 24.3 Å². The van der Waals surface area contributed by atoms with E-state index in [9.17, 15) is 0 Å². The summed E-state index contributed by atoms with van der Waals surface area (Å²) < 4.78 is 0. The summed E-state index contributed by atoms with van der Waals surface area (Å²) in [6, 6.07) is 9.66. The number of rotatable bonds is 3. The third kappa shape index (κ3) is 2.99. The standard InChI is InChI=1S/C14H22N2/c1-2-11-5-3-7-13(9-11)16-14-8-4-6-12(15)10-14/h3,5,7,9,12,14,16H,2,4,6,8,10,15H2,1H3. The molecule has 2 nitrogen and oxygen atoms in total. The van der Waals surface area contributed by atoms with Crippen LogP contribution < -0.4 is 11.1 Å². The number of anilines is 1. The van der Waals surface area contributed by atoms with Crippen molar-refractivity contribution < 1.29 is 0 Å². The Bertz CT molecular complexity index is 335. The quantitative estimate of drug-likeness (QED) is 0.818. The monoisotopic (exact) mass is 218 g/mol. The van der Waals surface area contributed by atoms with Gasteiger partial charge in [0.1, 0.15) is 0 Å². The number of hydrogen-bond donors (Lipinski definition) is 2. The summed E-state index contributed by atoms with van der Waals surface area (Å²) >= 11 is 0. The summed E-state index contributed by atoms with van der Waals surface area (Å²) in [6.45, 7) is 2.19. The first kappa shape index (κ1) is 11.5. The molecule has 0 bridgehead atoms. The highest BCUT2D eigenvalue weighted by molar-refractivity contribution is 5.46. The van der Waals surface area contributed by atoms with Crippen LogP contribution in [0.25, 0.3) is 0 Å². The average molecular weight is 218 g/mol. The van der Waals surface area contributed by atoms with E-state index in [1.165, 1.54) is 30.5 Å². The van der Waals surface area contributed by atoms with Gasteiger partial charge in [-0.2, -0.15) is 0 Å². The number of hydrogen-bond acceptors (Lipinski definition) is 2. The molecular weight excluding hydrogens is 196 g/mol. The van der Waals surface area contributed by atoms with Crippen molar-refractivity contribution in [1.82, 2.24) is 0 Å². The smallest absolute Gasteiger partial charge is 0.0345 e. The summed E-state index contributed by atoms with van der Waals surface area (Å²) in [6.07, 6.45) is 5.90. The van der Waals surface area contributed by atoms with Crippen molar-refractivity contribution in [1.29, 1.82) is 0 Å². The molecule has 3 N–H and O–H groups in total. The predicted molar refractivity (Wildman–Crippen MR) is 69.7 cm³/mol. The van der Waals surface area contributed by atoms with Crippen LogP contribution in [0.1, 0.15) is 38.2 Å². The van der Waals surface area contributed by atoms with Crippen molar-refractivity contribution in [3.05, 3.63) is 29.8 Å². The molecule has 16 heavy (non-hydrogen) atoms. The van der Waals surface area contributed by atoms with E-state index in [0.29, 0.717) is 12.1 Å². The zero-order valence-electron chi connectivity index (χ0n) is 10.1. The van der Waals surface area contributed by atoms with E-state index in [2.05, 4.69) is 36.5 Å². The molecule has 0 heterocycles. The summed E-state index contributed by atoms with van der Waals surface area (Å²) in [4.78, 5) is 0. The number of nitrogens with one attached hydrogen (secondary N) is 1. The molecule has 0 spiro atoms. The highest BCUT2D eigenvalue weighted by Gasteiger charge is 2.18. The fourth-order valence-corrected chi connectivity index (χ4v) is 2.48. The Labute approximate surface area is 98.2 Å². The van der Waals surface area contributed by atoms with Crippen molar-refractivity contribution in [3.63, 3.8) is 0 Å². The van der Waals surface area contributed by atoms with Gasteiger partial charge in [0.05, 0.1) is 0 Å². The molecule has 0 amide bonds. The maximum Gasteiger partial charge on any atom is 0.0345 e. The van der Waals surface area contributed by atoms with Gasteiger partial charge in [-0.15, -0.1) is 0 Å². The second kappa shape index (κ2) is 5.35. The lowest BCUT2D eigenvalue weighted by atomic mass is 9.91. The Balaban J connectivity index is 1.97. The predicted octanol–water partition coefficient (Wildman–Crippen LogP) is 2.93. The molecular formula is C14H22N2. The molecule has 1 fully saturated rings. The average Bonchev–Trinajstić information content (AvgIpc) is 2.29. The van der Waals surface area contributed by atoms with Crippen LogP contribution in [-0.4, -0.2) is 12.1 Å². The van der Waals surface area contributed by atoms with E-state index in [1.54, 1.807) is 0 Å². The van der Waals surface area contributed by atoms with Gasteiger partial charge < -0.3 is 11.1 Å². The van der Waals surface area contributed by atoms with Gasteiger partial charge in [-0.1, -0.05) is 19.1 Å². The molecule has 1 aromatic rings. The van der Waals surface area contributed by atoms with E-state index in [1.807, 2.05) is 0 Å². The van der Waals surface area contributed by atoms with Crippen LogP contribution in [0.4, 0.5) is 5.69 Å². The summed E-state index contributed by atoms with van der Waals surface area (Å²) in [7, 11) is 0. The van der Waals surface area contributed by atoms with E-state index < -0.39 is 0 Å². The number of benzene rings is 1. The van der Waals surface area contributed by atoms with Crippen molar-refractivity contribution >= 4 is 5.69 Å². The second-order valence-corrected chi connectivity index (χ2v) is 4.82. The third-order valence-corrected chi connectivity index (χ3v) is 3.42. The highest BCUT2D eigenvalue weighted by atomic mass is 14.9. The Morgan fingerprint density at radius 3 is 3.00 bits per heavy atom. The van der Waals surface area contributed by atoms with Gasteiger partial charge in [-0.3, -0.25) is 0 Å². The third-order valence-electron chi connectivity index (χ3n) is 3.42. The molecule has 0 aromatic heterocycles. The normalized spacial score (nSPS) is 25.4. The zero-order chi connectivity index (χ0) is 11.4. The Morgan fingerprint density at radius 1 is 1.38 bits per heavy atom. The van der Waals surface area contributed by atoms with Crippen LogP contribution in [0.2, 0.25) is 0 Å². The van der Waals surface area contributed by atoms with Crippen molar-refractivity contribution in [3.8, 4) is 0 Å². The molecule has 2 rings (SSSR count). The minimum Gasteiger partial charge on any atom is -0.382 e. The Morgan fingerprint density at radius 2 is 2.25 bits per heavy atom. The molecule has 88 valence electrons. The summed E-state index contributed by atoms with van der Waals surface area (Å²) in [5, 5.41) is 3.61. The molecule has 1 saturated carbocycles. The summed E-state index contributed by atoms with van der Waals surface area (Å²) in [5.74, 6) is 0. The summed E-state index contributed by atoms with van der Waals surface area (Å²) in [5.41, 5.74) is 8.64. The number of nitrogens with two attached hydrogens (primary N) is 1. The number of aryl methyl sites for hydroxylation is 1. The SMILES string of the molecule is CCc1cccc(NC2CCCC(N)C2)c1. The first-order chi connectivity index (χ1) is 7.78. The minimum atomic E-state index is 0.389. The lowest BCUT2D eigenvalue weighted by Crippen LogP contribution is -2.34. The fourth-order valence-electron chi connectivity index (χ4n) is 2.48. The van der Waals surface area contributed by atoms with E-state index in [4.69, 9.17) is 5.73 Å². The van der Waals surface area contributed by atoms with Gasteiger partial charge in [0, 0.05) is 17.8 Å². The molecule has 2 atom stereocenters. The van der Waals surface area contributed by atoms with Crippen LogP contribution in [0.5, 0.6) is 0 Å². The minimum absolute atomic E-state index is 0.389. The molecule has 2 unspecified atom stereocenters. The topological polar surface area (TPSA) is 38.0 Å². The van der Waals surface area contributed by atoms with Crippen LogP contribution in [0, 0.1) is 0 Å². The lowest BCUT2D eigenvalue weighted by Gasteiger charge is -2.28. The van der Waals surface area contributed by atoms with E-state index in [-0.39, 0.29) is 0 Å². The van der Waals surface area contributed by atoms with Gasteiger partial charge in [-0.25, -0.2) is 0 Å². The largest absolute Gasteiger partial charge is 0.382 e. The van der Waals surface area contributed by atoms with Crippen molar-refractivity contribution in [2.24, 2.45) is 5.73 Å². The fraction of sp³-hybridized carbons (Fsp3) is 0.571. The zero-order valence-corrected chi connectivity index (χ0v) is 10.1. The molecule has 1 aliphatic rings. The van der Waals surface area contributed by atoms with Gasteiger partial charge in [0.25, 0.3) is 0 Å². The van der Waals surface area contributed by atoms with Crippen molar-refractivity contribution in [2.75, 3.05) is 5.32 Å². The van der Waals surface area contributed by atoms with Gasteiger partial charge >= 0.3 is 0 Å². The highest BCUT2D eigenvalue weighted by Crippen LogP contribution is 2.21. The molecule has 0 aliphatic heterocycles. The first-order valence-electron chi connectivity index (χ1n) is 6.39. The van der Waals surface area contributed by atoms with Crippen LogP contribution >= 0.6 is 0 Å². The Kier molecular flexibility index (Phi) is 3.83. The first-order valence-corrected chi connectivity index (χ1v) is 6.39. The van der Waals surface area contributed by atoms with Crippen LogP contribution in [0.3, 0.4) is 0 Å². The second-order valence-electron chi connectivity index (χ2n) is 4.82. The van der Waals surface area contributed by atoms with Gasteiger partial charge in [0.2, 0.25) is 0 Å². The van der Waals surface area contributed by atoms with E-state index >= 15 is 0 Å². The van der Waals surface area contributed by atoms with Crippen molar-refractivity contribution in [2.45, 2.75) is 51.1 Å². The maximum atomic E-state index is 5.99. The lowest BCUT2D eigenvalue weighted by molar-refractivity contribution is 0.409. The van der Waals surface area contributed by atoms with Gasteiger partial charge in [-0.05, 0) is 49.8 Å². The molecule has 0 saturated heterocycles.